The van der Waals surface area contributed by atoms with E-state index >= 15 is 0 Å². The number of ether oxygens (including phenoxy) is 1. The minimum absolute atomic E-state index is 0.681. The summed E-state index contributed by atoms with van der Waals surface area (Å²) in [5.41, 5.74) is 6.19. The van der Waals surface area contributed by atoms with Gasteiger partial charge in [0.25, 0.3) is 0 Å². The van der Waals surface area contributed by atoms with Gasteiger partial charge in [-0.25, -0.2) is 0 Å². The van der Waals surface area contributed by atoms with Crippen LogP contribution in [0.15, 0.2) is 12.4 Å². The molecule has 3 nitrogen and oxygen atoms in total. The van der Waals surface area contributed by atoms with E-state index in [4.69, 9.17) is 10.5 Å². The fourth-order valence-corrected chi connectivity index (χ4v) is 0.750. The smallest absolute Gasteiger partial charge is 0.159 e. The number of nitrogen functional groups attached to an aromatic ring is 1. The van der Waals surface area contributed by atoms with Crippen LogP contribution in [0.2, 0.25) is 0 Å². The van der Waals surface area contributed by atoms with E-state index in [1.807, 2.05) is 17.8 Å². The maximum Gasteiger partial charge on any atom is 0.159 e. The van der Waals surface area contributed by atoms with Gasteiger partial charge < -0.3 is 15.0 Å². The first-order valence-corrected chi connectivity index (χ1v) is 2.69. The molecule has 2 N–H and O–H groups in total. The highest BCUT2D eigenvalue weighted by atomic mass is 16.5. The monoisotopic (exact) mass is 126 g/mol. The molecule has 1 rings (SSSR count). The molecule has 50 valence electrons. The average molecular weight is 126 g/mol. The molecule has 0 saturated heterocycles. The van der Waals surface area contributed by atoms with Gasteiger partial charge in [-0.3, -0.25) is 0 Å². The van der Waals surface area contributed by atoms with Crippen molar-refractivity contribution in [2.24, 2.45) is 7.05 Å². The molecule has 0 spiro atoms. The highest BCUT2D eigenvalue weighted by Gasteiger charge is 1.98. The standard InChI is InChI=1S/C6H10N2O/c1-8-3-5(7)6(4-8)9-2/h3-4H,7H2,1-2H3. The Kier molecular flexibility index (Phi) is 1.34. The van der Waals surface area contributed by atoms with Crippen molar-refractivity contribution < 1.29 is 4.74 Å². The predicted molar refractivity (Wildman–Crippen MR) is 36.4 cm³/mol. The zero-order chi connectivity index (χ0) is 6.85. The number of hydrogen-bond donors (Lipinski definition) is 1. The second-order valence-corrected chi connectivity index (χ2v) is 1.95. The fraction of sp³-hybridized carbons (Fsp3) is 0.333. The third-order valence-electron chi connectivity index (χ3n) is 1.17. The second kappa shape index (κ2) is 2.01. The minimum atomic E-state index is 0.681. The Labute approximate surface area is 54.0 Å². The third-order valence-corrected chi connectivity index (χ3v) is 1.17. The van der Waals surface area contributed by atoms with Crippen LogP contribution >= 0.6 is 0 Å². The summed E-state index contributed by atoms with van der Waals surface area (Å²) in [5.74, 6) is 0.734. The number of aromatic nitrogens is 1. The van der Waals surface area contributed by atoms with Crippen LogP contribution in [0.25, 0.3) is 0 Å². The summed E-state index contributed by atoms with van der Waals surface area (Å²) >= 11 is 0. The maximum absolute atomic E-state index is 5.51. The van der Waals surface area contributed by atoms with Gasteiger partial charge in [0.05, 0.1) is 12.8 Å². The Morgan fingerprint density at radius 2 is 2.22 bits per heavy atom. The van der Waals surface area contributed by atoms with Crippen molar-refractivity contribution in [1.82, 2.24) is 4.57 Å². The van der Waals surface area contributed by atoms with Crippen molar-refractivity contribution in [2.75, 3.05) is 12.8 Å². The first-order valence-electron chi connectivity index (χ1n) is 2.69. The van der Waals surface area contributed by atoms with Gasteiger partial charge in [0, 0.05) is 19.4 Å². The average Bonchev–Trinajstić information content (AvgIpc) is 2.10. The Morgan fingerprint density at radius 3 is 2.44 bits per heavy atom. The Hall–Kier alpha value is -1.12. The summed E-state index contributed by atoms with van der Waals surface area (Å²) < 4.78 is 6.78. The lowest BCUT2D eigenvalue weighted by Crippen LogP contribution is -1.85. The van der Waals surface area contributed by atoms with E-state index < -0.39 is 0 Å². The van der Waals surface area contributed by atoms with Gasteiger partial charge in [-0.1, -0.05) is 0 Å². The van der Waals surface area contributed by atoms with Crippen LogP contribution in [0.5, 0.6) is 5.75 Å². The van der Waals surface area contributed by atoms with E-state index in [0.29, 0.717) is 5.69 Å². The first-order chi connectivity index (χ1) is 4.24. The van der Waals surface area contributed by atoms with Crippen molar-refractivity contribution in [1.29, 1.82) is 0 Å². The Balaban J connectivity index is 3.01. The number of nitrogens with two attached hydrogens (primary N) is 1. The summed E-state index contributed by atoms with van der Waals surface area (Å²) in [6.07, 6.45) is 3.63. The molecule has 0 fully saturated rings. The number of hydrogen-bond acceptors (Lipinski definition) is 2. The molecule has 0 bridgehead atoms. The summed E-state index contributed by atoms with van der Waals surface area (Å²) in [6.45, 7) is 0. The molecule has 1 aromatic rings. The second-order valence-electron chi connectivity index (χ2n) is 1.95. The molecule has 0 saturated carbocycles. The molecule has 0 aliphatic rings. The number of aryl methyl sites for hydroxylation is 1. The number of nitrogens with zero attached hydrogens (tertiary/aromatic N) is 1. The summed E-state index contributed by atoms with van der Waals surface area (Å²) in [4.78, 5) is 0. The van der Waals surface area contributed by atoms with Crippen molar-refractivity contribution in [3.63, 3.8) is 0 Å². The molecule has 0 radical (unpaired) electrons. The zero-order valence-electron chi connectivity index (χ0n) is 5.59. The van der Waals surface area contributed by atoms with Gasteiger partial charge in [0.1, 0.15) is 0 Å². The topological polar surface area (TPSA) is 40.2 Å². The number of methoxy groups -OCH3 is 1. The van der Waals surface area contributed by atoms with Crippen LogP contribution in [0.4, 0.5) is 5.69 Å². The normalized spacial score (nSPS) is 9.56. The van der Waals surface area contributed by atoms with Gasteiger partial charge in [0.2, 0.25) is 0 Å². The minimum Gasteiger partial charge on any atom is -0.493 e. The molecule has 0 atom stereocenters. The molecule has 0 aliphatic heterocycles. The third kappa shape index (κ3) is 0.988. The van der Waals surface area contributed by atoms with Gasteiger partial charge >= 0.3 is 0 Å². The molecule has 9 heavy (non-hydrogen) atoms. The molecule has 0 aromatic carbocycles. The van der Waals surface area contributed by atoms with Crippen LogP contribution in [-0.4, -0.2) is 11.7 Å². The highest BCUT2D eigenvalue weighted by Crippen LogP contribution is 2.19. The molecule has 1 aromatic heterocycles. The lowest BCUT2D eigenvalue weighted by atomic mass is 10.5. The molecule has 1 heterocycles. The first kappa shape index (κ1) is 6.01. The lowest BCUT2D eigenvalue weighted by Gasteiger charge is -1.92. The molecule has 3 heteroatoms. The van der Waals surface area contributed by atoms with Crippen LogP contribution in [-0.2, 0) is 7.05 Å². The van der Waals surface area contributed by atoms with E-state index in [1.165, 1.54) is 0 Å². The van der Waals surface area contributed by atoms with Crippen molar-refractivity contribution in [3.8, 4) is 5.75 Å². The van der Waals surface area contributed by atoms with Crippen molar-refractivity contribution >= 4 is 5.69 Å². The van der Waals surface area contributed by atoms with Gasteiger partial charge in [-0.2, -0.15) is 0 Å². The highest BCUT2D eigenvalue weighted by molar-refractivity contribution is 5.50. The van der Waals surface area contributed by atoms with Crippen molar-refractivity contribution in [2.45, 2.75) is 0 Å². The van der Waals surface area contributed by atoms with Crippen LogP contribution in [0, 0.1) is 0 Å². The van der Waals surface area contributed by atoms with Crippen LogP contribution in [0.3, 0.4) is 0 Å². The summed E-state index contributed by atoms with van der Waals surface area (Å²) in [5, 5.41) is 0. The molecule has 0 unspecified atom stereocenters. The van der Waals surface area contributed by atoms with Crippen molar-refractivity contribution in [3.05, 3.63) is 12.4 Å². The Morgan fingerprint density at radius 1 is 1.56 bits per heavy atom. The quantitative estimate of drug-likeness (QED) is 0.599. The molecule has 0 aliphatic carbocycles. The molecular formula is C6H10N2O. The van der Waals surface area contributed by atoms with Gasteiger partial charge in [-0.05, 0) is 0 Å². The van der Waals surface area contributed by atoms with Gasteiger partial charge in [-0.15, -0.1) is 0 Å². The van der Waals surface area contributed by atoms with Crippen LogP contribution < -0.4 is 10.5 Å². The Bertz CT molecular complexity index is 205. The van der Waals surface area contributed by atoms with E-state index in [0.717, 1.165) is 5.75 Å². The maximum atomic E-state index is 5.51. The predicted octanol–water partition coefficient (Wildman–Crippen LogP) is 0.616. The fourth-order valence-electron chi connectivity index (χ4n) is 0.750. The summed E-state index contributed by atoms with van der Waals surface area (Å²) in [6, 6.07) is 0. The lowest BCUT2D eigenvalue weighted by molar-refractivity contribution is 0.416. The summed E-state index contributed by atoms with van der Waals surface area (Å²) in [7, 11) is 3.50. The van der Waals surface area contributed by atoms with Gasteiger partial charge in [0.15, 0.2) is 5.75 Å². The van der Waals surface area contributed by atoms with E-state index in [9.17, 15) is 0 Å². The molecular weight excluding hydrogens is 116 g/mol. The number of rotatable bonds is 1. The van der Waals surface area contributed by atoms with E-state index in [2.05, 4.69) is 0 Å². The van der Waals surface area contributed by atoms with E-state index in [-0.39, 0.29) is 0 Å². The van der Waals surface area contributed by atoms with Crippen LogP contribution in [0.1, 0.15) is 0 Å². The number of anilines is 1. The van der Waals surface area contributed by atoms with E-state index in [1.54, 1.807) is 13.3 Å². The SMILES string of the molecule is COc1cn(C)cc1N. The largest absolute Gasteiger partial charge is 0.493 e. The molecule has 0 amide bonds. The zero-order valence-corrected chi connectivity index (χ0v) is 5.59.